The molecule has 0 saturated carbocycles. The van der Waals surface area contributed by atoms with Crippen LogP contribution in [0.1, 0.15) is 19.2 Å². The molecule has 1 unspecified atom stereocenters. The Bertz CT molecular complexity index is 461. The topological polar surface area (TPSA) is 77.0 Å². The molecule has 16 heavy (non-hydrogen) atoms. The van der Waals surface area contributed by atoms with Gasteiger partial charge in [0, 0.05) is 25.9 Å². The Labute approximate surface area is 92.9 Å². The molecule has 86 valence electrons. The average molecular weight is 222 g/mol. The van der Waals surface area contributed by atoms with Gasteiger partial charge in [-0.25, -0.2) is 4.98 Å². The normalized spacial score (nSPS) is 12.9. The van der Waals surface area contributed by atoms with E-state index in [1.54, 1.807) is 13.1 Å². The monoisotopic (exact) mass is 222 g/mol. The van der Waals surface area contributed by atoms with Crippen LogP contribution in [0.5, 0.6) is 0 Å². The molecule has 0 aliphatic heterocycles. The van der Waals surface area contributed by atoms with E-state index in [1.807, 2.05) is 17.8 Å². The van der Waals surface area contributed by atoms with Crippen molar-refractivity contribution < 1.29 is 9.63 Å². The van der Waals surface area contributed by atoms with Gasteiger partial charge in [-0.15, -0.1) is 0 Å². The molecule has 2 aromatic rings. The Hall–Kier alpha value is -1.69. The summed E-state index contributed by atoms with van der Waals surface area (Å²) in [6, 6.07) is 0. The molecular weight excluding hydrogens is 208 g/mol. The molecule has 1 N–H and O–H groups in total. The lowest BCUT2D eigenvalue weighted by Crippen LogP contribution is -2.01. The van der Waals surface area contributed by atoms with Gasteiger partial charge in [-0.05, 0) is 13.3 Å². The third-order valence-corrected chi connectivity index (χ3v) is 2.27. The highest BCUT2D eigenvalue weighted by atomic mass is 16.5. The van der Waals surface area contributed by atoms with E-state index in [0.717, 1.165) is 0 Å². The van der Waals surface area contributed by atoms with Crippen LogP contribution in [0.2, 0.25) is 0 Å². The summed E-state index contributed by atoms with van der Waals surface area (Å²) in [5, 5.41) is 13.0. The molecule has 0 saturated heterocycles. The fraction of sp³-hybridized carbons (Fsp3) is 0.500. The average Bonchev–Trinajstić information content (AvgIpc) is 2.83. The Morgan fingerprint density at radius 1 is 1.56 bits per heavy atom. The first-order valence-electron chi connectivity index (χ1n) is 5.15. The van der Waals surface area contributed by atoms with Crippen molar-refractivity contribution in [2.24, 2.45) is 7.05 Å². The van der Waals surface area contributed by atoms with Gasteiger partial charge in [0.25, 0.3) is 0 Å². The first-order valence-corrected chi connectivity index (χ1v) is 5.15. The number of rotatable bonds is 4. The molecule has 2 aromatic heterocycles. The van der Waals surface area contributed by atoms with Crippen molar-refractivity contribution in [2.75, 3.05) is 0 Å². The fourth-order valence-electron chi connectivity index (χ4n) is 1.36. The number of aryl methyl sites for hydroxylation is 2. The van der Waals surface area contributed by atoms with Gasteiger partial charge in [0.05, 0.1) is 6.10 Å². The second kappa shape index (κ2) is 4.44. The summed E-state index contributed by atoms with van der Waals surface area (Å²) in [7, 11) is 1.87. The lowest BCUT2D eigenvalue weighted by molar-refractivity contribution is 0.180. The highest BCUT2D eigenvalue weighted by Gasteiger charge is 2.12. The van der Waals surface area contributed by atoms with E-state index in [0.29, 0.717) is 30.4 Å². The number of imidazole rings is 1. The van der Waals surface area contributed by atoms with E-state index >= 15 is 0 Å². The number of aliphatic hydroxyl groups is 1. The first kappa shape index (κ1) is 10.8. The molecule has 0 aliphatic rings. The van der Waals surface area contributed by atoms with E-state index in [2.05, 4.69) is 15.1 Å². The fourth-order valence-corrected chi connectivity index (χ4v) is 1.36. The third-order valence-electron chi connectivity index (χ3n) is 2.27. The maximum Gasteiger partial charge on any atom is 0.238 e. The molecular formula is C10H14N4O2. The smallest absolute Gasteiger partial charge is 0.238 e. The zero-order chi connectivity index (χ0) is 11.5. The molecule has 0 bridgehead atoms. The maximum absolute atomic E-state index is 9.14. The quantitative estimate of drug-likeness (QED) is 0.827. The molecule has 0 aliphatic carbocycles. The van der Waals surface area contributed by atoms with Gasteiger partial charge in [-0.2, -0.15) is 4.98 Å². The summed E-state index contributed by atoms with van der Waals surface area (Å²) in [6.07, 6.45) is 4.34. The Morgan fingerprint density at radius 3 is 3.00 bits per heavy atom. The minimum atomic E-state index is -0.358. The van der Waals surface area contributed by atoms with Crippen LogP contribution in [0.3, 0.4) is 0 Å². The highest BCUT2D eigenvalue weighted by Crippen LogP contribution is 2.13. The summed E-state index contributed by atoms with van der Waals surface area (Å²) in [5.74, 6) is 1.68. The Morgan fingerprint density at radius 2 is 2.38 bits per heavy atom. The predicted octanol–water partition coefficient (Wildman–Crippen LogP) is 0.783. The molecule has 2 heterocycles. The van der Waals surface area contributed by atoms with Crippen LogP contribution >= 0.6 is 0 Å². The van der Waals surface area contributed by atoms with E-state index in [4.69, 9.17) is 9.63 Å². The van der Waals surface area contributed by atoms with Gasteiger partial charge in [-0.1, -0.05) is 5.16 Å². The van der Waals surface area contributed by atoms with Crippen LogP contribution < -0.4 is 0 Å². The molecule has 0 spiro atoms. The summed E-state index contributed by atoms with van der Waals surface area (Å²) >= 11 is 0. The van der Waals surface area contributed by atoms with Crippen molar-refractivity contribution in [3.63, 3.8) is 0 Å². The van der Waals surface area contributed by atoms with Crippen molar-refractivity contribution >= 4 is 0 Å². The van der Waals surface area contributed by atoms with Gasteiger partial charge in [0.1, 0.15) is 0 Å². The van der Waals surface area contributed by atoms with Crippen LogP contribution in [-0.4, -0.2) is 30.9 Å². The molecule has 2 rings (SSSR count). The summed E-state index contributed by atoms with van der Waals surface area (Å²) in [5.41, 5.74) is 0. The second-order valence-corrected chi connectivity index (χ2v) is 3.76. The molecule has 6 nitrogen and oxygen atoms in total. The summed E-state index contributed by atoms with van der Waals surface area (Å²) in [6.45, 7) is 1.73. The third kappa shape index (κ3) is 2.27. The van der Waals surface area contributed by atoms with Crippen molar-refractivity contribution in [1.82, 2.24) is 19.7 Å². The van der Waals surface area contributed by atoms with Gasteiger partial charge in [0.2, 0.25) is 11.7 Å². The van der Waals surface area contributed by atoms with Gasteiger partial charge < -0.3 is 14.2 Å². The van der Waals surface area contributed by atoms with Crippen LogP contribution in [0.25, 0.3) is 11.6 Å². The van der Waals surface area contributed by atoms with E-state index < -0.39 is 0 Å². The maximum atomic E-state index is 9.14. The Kier molecular flexibility index (Phi) is 3.00. The van der Waals surface area contributed by atoms with Crippen molar-refractivity contribution in [3.05, 3.63) is 18.3 Å². The van der Waals surface area contributed by atoms with Gasteiger partial charge >= 0.3 is 0 Å². The van der Waals surface area contributed by atoms with Gasteiger partial charge in [0.15, 0.2) is 5.82 Å². The van der Waals surface area contributed by atoms with Gasteiger partial charge in [-0.3, -0.25) is 0 Å². The van der Waals surface area contributed by atoms with E-state index in [-0.39, 0.29) is 6.10 Å². The van der Waals surface area contributed by atoms with Crippen molar-refractivity contribution in [2.45, 2.75) is 25.9 Å². The number of nitrogens with zero attached hydrogens (tertiary/aromatic N) is 4. The number of hydrogen-bond acceptors (Lipinski definition) is 5. The van der Waals surface area contributed by atoms with Crippen molar-refractivity contribution in [3.8, 4) is 11.6 Å². The number of aliphatic hydroxyl groups excluding tert-OH is 1. The lowest BCUT2D eigenvalue weighted by Gasteiger charge is -1.98. The molecule has 1 atom stereocenters. The predicted molar refractivity (Wildman–Crippen MR) is 56.5 cm³/mol. The lowest BCUT2D eigenvalue weighted by atomic mass is 10.2. The molecule has 0 fully saturated rings. The molecule has 0 radical (unpaired) electrons. The number of hydrogen-bond donors (Lipinski definition) is 1. The molecule has 6 heteroatoms. The van der Waals surface area contributed by atoms with Crippen LogP contribution in [0.15, 0.2) is 16.9 Å². The van der Waals surface area contributed by atoms with Crippen LogP contribution in [0.4, 0.5) is 0 Å². The van der Waals surface area contributed by atoms with Crippen LogP contribution in [0, 0.1) is 0 Å². The second-order valence-electron chi connectivity index (χ2n) is 3.76. The zero-order valence-electron chi connectivity index (χ0n) is 9.29. The molecule has 0 amide bonds. The zero-order valence-corrected chi connectivity index (χ0v) is 9.29. The first-order chi connectivity index (χ1) is 7.66. The highest BCUT2D eigenvalue weighted by molar-refractivity contribution is 5.42. The van der Waals surface area contributed by atoms with Crippen molar-refractivity contribution in [1.29, 1.82) is 0 Å². The standard InChI is InChI=1S/C10H14N4O2/c1-7(15)3-4-8-12-9(13-16-8)10-11-5-6-14(10)2/h5-7,15H,3-4H2,1-2H3. The SMILES string of the molecule is CC(O)CCc1nc(-c2nccn2C)no1. The molecule has 0 aromatic carbocycles. The number of aromatic nitrogens is 4. The van der Waals surface area contributed by atoms with E-state index in [9.17, 15) is 0 Å². The summed E-state index contributed by atoms with van der Waals surface area (Å²) < 4.78 is 6.89. The Balaban J connectivity index is 2.11. The minimum Gasteiger partial charge on any atom is -0.393 e. The summed E-state index contributed by atoms with van der Waals surface area (Å²) in [4.78, 5) is 8.34. The van der Waals surface area contributed by atoms with E-state index in [1.165, 1.54) is 0 Å². The van der Waals surface area contributed by atoms with Crippen LogP contribution in [-0.2, 0) is 13.5 Å². The minimum absolute atomic E-state index is 0.358. The largest absolute Gasteiger partial charge is 0.393 e.